The van der Waals surface area contributed by atoms with Gasteiger partial charge >= 0.3 is 5.97 Å². The minimum Gasteiger partial charge on any atom is -0.491 e. The molecular weight excluding hydrogens is 457 g/mol. The molecule has 0 aromatic heterocycles. The first-order valence-corrected chi connectivity index (χ1v) is 10.8. The third-order valence-corrected chi connectivity index (χ3v) is 5.38. The summed E-state index contributed by atoms with van der Waals surface area (Å²) in [7, 11) is 0. The summed E-state index contributed by atoms with van der Waals surface area (Å²) < 4.78 is 54.0. The average molecular weight is 478 g/mol. The predicted molar refractivity (Wildman–Crippen MR) is 126 cm³/mol. The molecule has 4 nitrogen and oxygen atoms in total. The lowest BCUT2D eigenvalue weighted by molar-refractivity contribution is 0.0734. The highest BCUT2D eigenvalue weighted by Gasteiger charge is 2.17. The Hall–Kier alpha value is -4.10. The van der Waals surface area contributed by atoms with E-state index in [-0.39, 0.29) is 34.8 Å². The van der Waals surface area contributed by atoms with Crippen molar-refractivity contribution in [1.29, 1.82) is 0 Å². The lowest BCUT2D eigenvalue weighted by atomic mass is 9.97. The Kier molecular flexibility index (Phi) is 7.17. The number of carbonyl (C=O) groups is 1. The minimum absolute atomic E-state index is 0.00996. The van der Waals surface area contributed by atoms with Crippen LogP contribution in [-0.2, 0) is 6.61 Å². The molecule has 0 heterocycles. The topological polar surface area (TPSA) is 55.8 Å². The van der Waals surface area contributed by atoms with Gasteiger partial charge in [-0.05, 0) is 47.9 Å². The van der Waals surface area contributed by atoms with E-state index in [4.69, 9.17) is 14.6 Å². The van der Waals surface area contributed by atoms with Crippen molar-refractivity contribution in [3.05, 3.63) is 107 Å². The van der Waals surface area contributed by atoms with Gasteiger partial charge in [0, 0.05) is 17.2 Å². The fourth-order valence-electron chi connectivity index (χ4n) is 3.55. The molecule has 0 bridgehead atoms. The van der Waals surface area contributed by atoms with Gasteiger partial charge in [-0.2, -0.15) is 0 Å². The summed E-state index contributed by atoms with van der Waals surface area (Å²) in [4.78, 5) is 12.4. The molecule has 0 radical (unpaired) electrons. The van der Waals surface area contributed by atoms with Crippen molar-refractivity contribution in [3.8, 4) is 33.8 Å². The molecule has 0 amide bonds. The van der Waals surface area contributed by atoms with Crippen LogP contribution in [0.3, 0.4) is 0 Å². The largest absolute Gasteiger partial charge is 0.491 e. The van der Waals surface area contributed by atoms with Gasteiger partial charge in [-0.1, -0.05) is 48.5 Å². The molecule has 1 N–H and O–H groups in total. The summed E-state index contributed by atoms with van der Waals surface area (Å²) in [5.74, 6) is -3.34. The van der Waals surface area contributed by atoms with E-state index in [9.17, 15) is 18.0 Å². The van der Waals surface area contributed by atoms with Gasteiger partial charge in [-0.25, -0.2) is 18.0 Å². The van der Waals surface area contributed by atoms with Gasteiger partial charge < -0.3 is 14.6 Å². The van der Waals surface area contributed by atoms with Gasteiger partial charge in [0.25, 0.3) is 0 Å². The molecule has 4 aromatic carbocycles. The molecule has 35 heavy (non-hydrogen) atoms. The number of carbonyl (C=O) groups excluding carboxylic acids is 1. The lowest BCUT2D eigenvalue weighted by Crippen LogP contribution is -2.08. The van der Waals surface area contributed by atoms with Crippen LogP contribution in [0.2, 0.25) is 0 Å². The van der Waals surface area contributed by atoms with Crippen LogP contribution >= 0.6 is 0 Å². The van der Waals surface area contributed by atoms with Gasteiger partial charge in [-0.3, -0.25) is 0 Å². The molecule has 0 aliphatic carbocycles. The number of hydrogen-bond acceptors (Lipinski definition) is 4. The number of hydrogen-bond donors (Lipinski definition) is 1. The Morgan fingerprint density at radius 1 is 0.800 bits per heavy atom. The molecule has 0 fully saturated rings. The SMILES string of the molecule is CCOc1ccc(OC(=O)c2ccc(-c3ccc(-c4ccc(CO)cc4)c(F)c3F)cc2)cc1F. The highest BCUT2D eigenvalue weighted by atomic mass is 19.2. The third-order valence-electron chi connectivity index (χ3n) is 5.38. The van der Waals surface area contributed by atoms with Crippen LogP contribution in [0.1, 0.15) is 22.8 Å². The molecule has 0 aliphatic rings. The van der Waals surface area contributed by atoms with E-state index in [1.165, 1.54) is 48.5 Å². The number of halogens is 3. The Balaban J connectivity index is 1.52. The smallest absolute Gasteiger partial charge is 0.343 e. The first-order valence-electron chi connectivity index (χ1n) is 10.8. The first kappa shape index (κ1) is 24.0. The van der Waals surface area contributed by atoms with Crippen molar-refractivity contribution in [2.45, 2.75) is 13.5 Å². The molecule has 0 atom stereocenters. The second-order valence-corrected chi connectivity index (χ2v) is 7.64. The zero-order valence-corrected chi connectivity index (χ0v) is 18.7. The number of ether oxygens (including phenoxy) is 2. The van der Waals surface area contributed by atoms with E-state index >= 15 is 0 Å². The van der Waals surface area contributed by atoms with Gasteiger partial charge in [0.1, 0.15) is 5.75 Å². The van der Waals surface area contributed by atoms with E-state index in [0.717, 1.165) is 6.07 Å². The molecule has 4 aromatic rings. The molecule has 0 unspecified atom stereocenters. The van der Waals surface area contributed by atoms with E-state index in [0.29, 0.717) is 23.3 Å². The summed E-state index contributed by atoms with van der Waals surface area (Å²) in [5.41, 5.74) is 1.80. The van der Waals surface area contributed by atoms with Gasteiger partial charge in [0.05, 0.1) is 18.8 Å². The summed E-state index contributed by atoms with van der Waals surface area (Å²) in [6.07, 6.45) is 0. The van der Waals surface area contributed by atoms with Crippen LogP contribution in [0.4, 0.5) is 13.2 Å². The zero-order valence-electron chi connectivity index (χ0n) is 18.7. The molecule has 0 saturated carbocycles. The maximum atomic E-state index is 14.9. The van der Waals surface area contributed by atoms with Crippen molar-refractivity contribution in [1.82, 2.24) is 0 Å². The number of benzene rings is 4. The predicted octanol–water partition coefficient (Wildman–Crippen LogP) is 6.55. The van der Waals surface area contributed by atoms with Crippen LogP contribution in [0, 0.1) is 17.5 Å². The van der Waals surface area contributed by atoms with Crippen LogP contribution in [-0.4, -0.2) is 17.7 Å². The Bertz CT molecular complexity index is 1350. The Morgan fingerprint density at radius 3 is 1.89 bits per heavy atom. The fourth-order valence-corrected chi connectivity index (χ4v) is 3.55. The van der Waals surface area contributed by atoms with Crippen molar-refractivity contribution < 1.29 is 32.5 Å². The van der Waals surface area contributed by atoms with Gasteiger partial charge in [0.2, 0.25) is 0 Å². The second kappa shape index (κ2) is 10.4. The van der Waals surface area contributed by atoms with Crippen molar-refractivity contribution in [2.24, 2.45) is 0 Å². The van der Waals surface area contributed by atoms with Crippen molar-refractivity contribution >= 4 is 5.97 Å². The highest BCUT2D eigenvalue weighted by Crippen LogP contribution is 2.32. The van der Waals surface area contributed by atoms with Crippen molar-refractivity contribution in [3.63, 3.8) is 0 Å². The van der Waals surface area contributed by atoms with Crippen LogP contribution in [0.25, 0.3) is 22.3 Å². The average Bonchev–Trinajstić information content (AvgIpc) is 2.87. The number of esters is 1. The molecule has 178 valence electrons. The molecule has 0 spiro atoms. The molecule has 0 saturated heterocycles. The Labute approximate surface area is 200 Å². The fraction of sp³-hybridized carbons (Fsp3) is 0.107. The molecule has 4 rings (SSSR count). The number of rotatable bonds is 7. The highest BCUT2D eigenvalue weighted by molar-refractivity contribution is 5.91. The molecule has 0 aliphatic heterocycles. The van der Waals surface area contributed by atoms with E-state index in [1.807, 2.05) is 0 Å². The number of aliphatic hydroxyl groups excluding tert-OH is 1. The lowest BCUT2D eigenvalue weighted by Gasteiger charge is -2.11. The maximum Gasteiger partial charge on any atom is 0.343 e. The summed E-state index contributed by atoms with van der Waals surface area (Å²) in [6.45, 7) is 1.88. The quantitative estimate of drug-likeness (QED) is 0.242. The minimum atomic E-state index is -1.02. The normalized spacial score (nSPS) is 10.8. The maximum absolute atomic E-state index is 14.9. The number of aliphatic hydroxyl groups is 1. The summed E-state index contributed by atoms with van der Waals surface area (Å²) in [5, 5.41) is 9.14. The van der Waals surface area contributed by atoms with Crippen LogP contribution in [0.15, 0.2) is 78.9 Å². The Morgan fingerprint density at radius 2 is 1.37 bits per heavy atom. The van der Waals surface area contributed by atoms with E-state index in [1.54, 1.807) is 31.2 Å². The van der Waals surface area contributed by atoms with Gasteiger partial charge in [0.15, 0.2) is 23.2 Å². The molecule has 7 heteroatoms. The zero-order chi connectivity index (χ0) is 24.9. The first-order chi connectivity index (χ1) is 16.9. The molecular formula is C28H21F3O4. The summed E-state index contributed by atoms with van der Waals surface area (Å²) in [6, 6.07) is 19.1. The van der Waals surface area contributed by atoms with Crippen LogP contribution < -0.4 is 9.47 Å². The monoisotopic (exact) mass is 478 g/mol. The van der Waals surface area contributed by atoms with E-state index in [2.05, 4.69) is 0 Å². The van der Waals surface area contributed by atoms with Crippen LogP contribution in [0.5, 0.6) is 11.5 Å². The summed E-state index contributed by atoms with van der Waals surface area (Å²) >= 11 is 0. The standard InChI is InChI=1S/C28H21F3O4/c1-2-34-25-14-11-21(15-24(25)29)35-28(33)20-9-7-19(8-10-20)23-13-12-22(26(30)27(23)31)18-5-3-17(16-32)4-6-18/h3-15,32H,2,16H2,1H3. The van der Waals surface area contributed by atoms with Gasteiger partial charge in [-0.15, -0.1) is 0 Å². The van der Waals surface area contributed by atoms with Crippen molar-refractivity contribution in [2.75, 3.05) is 6.61 Å². The van der Waals surface area contributed by atoms with E-state index < -0.39 is 23.4 Å². The third kappa shape index (κ3) is 5.20. The second-order valence-electron chi connectivity index (χ2n) is 7.64.